The molecule has 18 heavy (non-hydrogen) atoms. The fourth-order valence-corrected chi connectivity index (χ4v) is 3.37. The number of nitrogens with zero attached hydrogens (tertiary/aromatic N) is 1. The molecule has 0 spiro atoms. The zero-order chi connectivity index (χ0) is 13.8. The number of hydrogen-bond acceptors (Lipinski definition) is 3. The lowest BCUT2D eigenvalue weighted by Crippen LogP contribution is -2.41. The minimum Gasteiger partial charge on any atom is -0.329 e. The first-order chi connectivity index (χ1) is 8.43. The standard InChI is InChI=1S/C12H19FN2O2S/c1-3-10(2)15(9-8-14)18(16,17)12-6-4-11(13)5-7-12/h4-7,10H,3,8-9,14H2,1-2H3. The third kappa shape index (κ3) is 3.28. The van der Waals surface area contributed by atoms with Crippen molar-refractivity contribution in [1.82, 2.24) is 4.31 Å². The van der Waals surface area contributed by atoms with Gasteiger partial charge in [-0.25, -0.2) is 12.8 Å². The number of nitrogens with two attached hydrogens (primary N) is 1. The molecule has 1 unspecified atom stereocenters. The Labute approximate surface area is 108 Å². The monoisotopic (exact) mass is 274 g/mol. The normalized spacial score (nSPS) is 13.8. The topological polar surface area (TPSA) is 63.4 Å². The quantitative estimate of drug-likeness (QED) is 0.856. The van der Waals surface area contributed by atoms with Gasteiger partial charge in [-0.05, 0) is 37.6 Å². The summed E-state index contributed by atoms with van der Waals surface area (Å²) in [7, 11) is -3.60. The van der Waals surface area contributed by atoms with Crippen LogP contribution in [-0.4, -0.2) is 31.9 Å². The molecule has 0 fully saturated rings. The molecule has 0 amide bonds. The smallest absolute Gasteiger partial charge is 0.243 e. The van der Waals surface area contributed by atoms with Crippen molar-refractivity contribution in [3.63, 3.8) is 0 Å². The van der Waals surface area contributed by atoms with Crippen molar-refractivity contribution >= 4 is 10.0 Å². The van der Waals surface area contributed by atoms with Gasteiger partial charge < -0.3 is 5.73 Å². The molecule has 0 aliphatic carbocycles. The van der Waals surface area contributed by atoms with Gasteiger partial charge >= 0.3 is 0 Å². The average Bonchev–Trinajstić information content (AvgIpc) is 2.35. The Morgan fingerprint density at radius 1 is 1.33 bits per heavy atom. The predicted octanol–water partition coefficient (Wildman–Crippen LogP) is 1.57. The molecular weight excluding hydrogens is 255 g/mol. The highest BCUT2D eigenvalue weighted by atomic mass is 32.2. The molecule has 0 aromatic heterocycles. The van der Waals surface area contributed by atoms with E-state index in [-0.39, 0.29) is 24.0 Å². The summed E-state index contributed by atoms with van der Waals surface area (Å²) >= 11 is 0. The van der Waals surface area contributed by atoms with Crippen LogP contribution in [0.25, 0.3) is 0 Å². The van der Waals surface area contributed by atoms with Crippen LogP contribution in [-0.2, 0) is 10.0 Å². The van der Waals surface area contributed by atoms with Crippen molar-refractivity contribution in [1.29, 1.82) is 0 Å². The Balaban J connectivity index is 3.12. The highest BCUT2D eigenvalue weighted by Crippen LogP contribution is 2.19. The first-order valence-corrected chi connectivity index (χ1v) is 7.35. The summed E-state index contributed by atoms with van der Waals surface area (Å²) in [6, 6.07) is 4.70. The summed E-state index contributed by atoms with van der Waals surface area (Å²) < 4.78 is 38.9. The molecule has 0 radical (unpaired) electrons. The number of halogens is 1. The Bertz CT molecular complexity index is 473. The molecule has 0 heterocycles. The Morgan fingerprint density at radius 3 is 2.33 bits per heavy atom. The van der Waals surface area contributed by atoms with Gasteiger partial charge in [0.05, 0.1) is 4.90 Å². The van der Waals surface area contributed by atoms with Crippen molar-refractivity contribution in [2.24, 2.45) is 5.73 Å². The van der Waals surface area contributed by atoms with Crippen LogP contribution in [0.2, 0.25) is 0 Å². The summed E-state index contributed by atoms with van der Waals surface area (Å²) in [4.78, 5) is 0.0950. The van der Waals surface area contributed by atoms with E-state index in [9.17, 15) is 12.8 Å². The van der Waals surface area contributed by atoms with Gasteiger partial charge in [0.1, 0.15) is 5.82 Å². The molecule has 0 aliphatic heterocycles. The van der Waals surface area contributed by atoms with Gasteiger partial charge in [-0.2, -0.15) is 4.31 Å². The van der Waals surface area contributed by atoms with E-state index < -0.39 is 15.8 Å². The van der Waals surface area contributed by atoms with Crippen LogP contribution in [0.3, 0.4) is 0 Å². The van der Waals surface area contributed by atoms with E-state index in [1.165, 1.54) is 16.4 Å². The van der Waals surface area contributed by atoms with Gasteiger partial charge in [-0.3, -0.25) is 0 Å². The lowest BCUT2D eigenvalue weighted by molar-refractivity contribution is 0.335. The molecule has 2 N–H and O–H groups in total. The maximum Gasteiger partial charge on any atom is 0.243 e. The molecule has 1 aromatic carbocycles. The second-order valence-corrected chi connectivity index (χ2v) is 6.01. The first-order valence-electron chi connectivity index (χ1n) is 5.91. The SMILES string of the molecule is CCC(C)N(CCN)S(=O)(=O)c1ccc(F)cc1. The molecule has 0 bridgehead atoms. The van der Waals surface area contributed by atoms with E-state index in [1.807, 2.05) is 13.8 Å². The van der Waals surface area contributed by atoms with Crippen LogP contribution >= 0.6 is 0 Å². The van der Waals surface area contributed by atoms with Crippen LogP contribution < -0.4 is 5.73 Å². The number of hydrogen-bond donors (Lipinski definition) is 1. The maximum absolute atomic E-state index is 12.8. The Hall–Kier alpha value is -0.980. The molecule has 102 valence electrons. The molecule has 4 nitrogen and oxygen atoms in total. The van der Waals surface area contributed by atoms with Crippen LogP contribution in [0, 0.1) is 5.82 Å². The molecule has 1 rings (SSSR count). The third-order valence-electron chi connectivity index (χ3n) is 2.85. The van der Waals surface area contributed by atoms with Crippen molar-refractivity contribution in [3.05, 3.63) is 30.1 Å². The summed E-state index contributed by atoms with van der Waals surface area (Å²) in [6.45, 7) is 4.25. The van der Waals surface area contributed by atoms with Gasteiger partial charge in [0.15, 0.2) is 0 Å². The van der Waals surface area contributed by atoms with Gasteiger partial charge in [0, 0.05) is 19.1 Å². The second-order valence-electron chi connectivity index (χ2n) is 4.12. The lowest BCUT2D eigenvalue weighted by atomic mass is 10.2. The lowest BCUT2D eigenvalue weighted by Gasteiger charge is -2.27. The minimum absolute atomic E-state index is 0.0950. The summed E-state index contributed by atoms with van der Waals surface area (Å²) in [5.41, 5.74) is 5.45. The van der Waals surface area contributed by atoms with Crippen LogP contribution in [0.5, 0.6) is 0 Å². The van der Waals surface area contributed by atoms with Crippen molar-refractivity contribution in [2.45, 2.75) is 31.2 Å². The van der Waals surface area contributed by atoms with Crippen LogP contribution in [0.1, 0.15) is 20.3 Å². The number of rotatable bonds is 6. The molecular formula is C12H19FN2O2S. The van der Waals surface area contributed by atoms with E-state index in [0.717, 1.165) is 12.1 Å². The summed E-state index contributed by atoms with van der Waals surface area (Å²) in [5, 5.41) is 0. The number of sulfonamides is 1. The molecule has 1 aromatic rings. The fraction of sp³-hybridized carbons (Fsp3) is 0.500. The minimum atomic E-state index is -3.60. The van der Waals surface area contributed by atoms with Gasteiger partial charge in [-0.1, -0.05) is 6.92 Å². The van der Waals surface area contributed by atoms with Crippen molar-refractivity contribution in [3.8, 4) is 0 Å². The summed E-state index contributed by atoms with van der Waals surface area (Å²) in [6.07, 6.45) is 0.695. The predicted molar refractivity (Wildman–Crippen MR) is 69.1 cm³/mol. The molecule has 0 aliphatic rings. The molecule has 1 atom stereocenters. The van der Waals surface area contributed by atoms with Gasteiger partial charge in [0.25, 0.3) is 0 Å². The van der Waals surface area contributed by atoms with Crippen molar-refractivity contribution < 1.29 is 12.8 Å². The summed E-state index contributed by atoms with van der Waals surface area (Å²) in [5.74, 6) is -0.456. The van der Waals surface area contributed by atoms with E-state index in [0.29, 0.717) is 6.42 Å². The highest BCUT2D eigenvalue weighted by Gasteiger charge is 2.27. The zero-order valence-electron chi connectivity index (χ0n) is 10.6. The van der Waals surface area contributed by atoms with E-state index in [2.05, 4.69) is 0 Å². The first kappa shape index (κ1) is 15.1. The molecule has 0 saturated carbocycles. The van der Waals surface area contributed by atoms with Crippen LogP contribution in [0.4, 0.5) is 4.39 Å². The Morgan fingerprint density at radius 2 is 1.89 bits per heavy atom. The van der Waals surface area contributed by atoms with E-state index in [1.54, 1.807) is 0 Å². The maximum atomic E-state index is 12.8. The highest BCUT2D eigenvalue weighted by molar-refractivity contribution is 7.89. The van der Waals surface area contributed by atoms with Crippen molar-refractivity contribution in [2.75, 3.05) is 13.1 Å². The zero-order valence-corrected chi connectivity index (χ0v) is 11.5. The largest absolute Gasteiger partial charge is 0.329 e. The number of benzene rings is 1. The molecule has 0 saturated heterocycles. The fourth-order valence-electron chi connectivity index (χ4n) is 1.65. The Kier molecular flexibility index (Phi) is 5.25. The van der Waals surface area contributed by atoms with E-state index in [4.69, 9.17) is 5.73 Å². The third-order valence-corrected chi connectivity index (χ3v) is 4.88. The molecule has 6 heteroatoms. The second kappa shape index (κ2) is 6.26. The average molecular weight is 274 g/mol. The van der Waals surface area contributed by atoms with Gasteiger partial charge in [0.2, 0.25) is 10.0 Å². The van der Waals surface area contributed by atoms with E-state index >= 15 is 0 Å². The van der Waals surface area contributed by atoms with Gasteiger partial charge in [-0.15, -0.1) is 0 Å². The van der Waals surface area contributed by atoms with Crippen LogP contribution in [0.15, 0.2) is 29.2 Å².